The Hall–Kier alpha value is -2.70. The zero-order valence-electron chi connectivity index (χ0n) is 17.8. The number of fused-ring (bicyclic) bond motifs is 1. The van der Waals surface area contributed by atoms with Crippen molar-refractivity contribution < 1.29 is 13.2 Å². The Morgan fingerprint density at radius 2 is 1.61 bits per heavy atom. The molecule has 6 heteroatoms. The number of carbonyl (C=O) groups is 1. The van der Waals surface area contributed by atoms with Gasteiger partial charge in [-0.05, 0) is 59.9 Å². The number of carbonyl (C=O) groups excluding carboxylic acids is 1. The van der Waals surface area contributed by atoms with Crippen LogP contribution in [0.4, 0.5) is 0 Å². The molecule has 31 heavy (non-hydrogen) atoms. The summed E-state index contributed by atoms with van der Waals surface area (Å²) < 4.78 is 28.0. The number of benzene rings is 3. The summed E-state index contributed by atoms with van der Waals surface area (Å²) in [4.78, 5) is 13.0. The highest BCUT2D eigenvalue weighted by molar-refractivity contribution is 7.89. The van der Waals surface area contributed by atoms with Crippen molar-refractivity contribution in [3.8, 4) is 0 Å². The first kappa shape index (κ1) is 21.5. The van der Waals surface area contributed by atoms with Gasteiger partial charge in [0.05, 0.1) is 4.90 Å². The Morgan fingerprint density at radius 1 is 0.903 bits per heavy atom. The lowest BCUT2D eigenvalue weighted by Gasteiger charge is -2.21. The quantitative estimate of drug-likeness (QED) is 0.633. The highest BCUT2D eigenvalue weighted by Crippen LogP contribution is 2.24. The molecule has 1 aliphatic rings. The van der Waals surface area contributed by atoms with E-state index in [4.69, 9.17) is 0 Å². The van der Waals surface area contributed by atoms with Crippen molar-refractivity contribution in [1.29, 1.82) is 0 Å². The molecule has 1 amide bonds. The summed E-state index contributed by atoms with van der Waals surface area (Å²) in [6, 6.07) is 19.1. The monoisotopic (exact) mass is 436 g/mol. The van der Waals surface area contributed by atoms with Crippen LogP contribution in [0.15, 0.2) is 65.6 Å². The van der Waals surface area contributed by atoms with E-state index < -0.39 is 10.0 Å². The second-order valence-corrected chi connectivity index (χ2v) is 10.1. The molecule has 0 radical (unpaired) electrons. The second kappa shape index (κ2) is 9.20. The van der Waals surface area contributed by atoms with Crippen LogP contribution in [0.25, 0.3) is 10.8 Å². The van der Waals surface area contributed by atoms with Crippen LogP contribution < -0.4 is 5.32 Å². The van der Waals surface area contributed by atoms with Gasteiger partial charge in [-0.3, -0.25) is 4.79 Å². The molecule has 0 aromatic heterocycles. The topological polar surface area (TPSA) is 66.5 Å². The molecule has 1 aliphatic heterocycles. The number of aryl methyl sites for hydroxylation is 1. The van der Waals surface area contributed by atoms with Crippen molar-refractivity contribution in [1.82, 2.24) is 9.62 Å². The maximum atomic E-state index is 13.2. The van der Waals surface area contributed by atoms with Crippen LogP contribution in [0, 0.1) is 6.92 Å². The Morgan fingerprint density at radius 3 is 2.35 bits per heavy atom. The molecule has 0 unspecified atom stereocenters. The normalized spacial score (nSPS) is 15.5. The van der Waals surface area contributed by atoms with Crippen molar-refractivity contribution in [3.63, 3.8) is 0 Å². The fraction of sp³-hybridized carbons (Fsp3) is 0.320. The van der Waals surface area contributed by atoms with Crippen molar-refractivity contribution in [2.75, 3.05) is 13.1 Å². The van der Waals surface area contributed by atoms with Gasteiger partial charge in [-0.1, -0.05) is 55.3 Å². The summed E-state index contributed by atoms with van der Waals surface area (Å²) in [5, 5.41) is 5.19. The number of amides is 1. The van der Waals surface area contributed by atoms with Gasteiger partial charge in [0.1, 0.15) is 0 Å². The van der Waals surface area contributed by atoms with E-state index in [1.165, 1.54) is 6.07 Å². The van der Waals surface area contributed by atoms with E-state index in [1.54, 1.807) is 23.4 Å². The van der Waals surface area contributed by atoms with Crippen LogP contribution in [-0.4, -0.2) is 31.7 Å². The predicted molar refractivity (Wildman–Crippen MR) is 124 cm³/mol. The fourth-order valence-corrected chi connectivity index (χ4v) is 5.84. The highest BCUT2D eigenvalue weighted by Gasteiger charge is 2.27. The van der Waals surface area contributed by atoms with E-state index in [-0.39, 0.29) is 10.8 Å². The van der Waals surface area contributed by atoms with E-state index >= 15 is 0 Å². The average molecular weight is 437 g/mol. The van der Waals surface area contributed by atoms with Gasteiger partial charge in [-0.15, -0.1) is 0 Å². The minimum atomic E-state index is -3.61. The van der Waals surface area contributed by atoms with Crippen LogP contribution in [0.3, 0.4) is 0 Å². The third-order valence-corrected chi connectivity index (χ3v) is 7.94. The molecule has 1 N–H and O–H groups in total. The molecule has 4 rings (SSSR count). The number of hydrogen-bond acceptors (Lipinski definition) is 3. The molecule has 5 nitrogen and oxygen atoms in total. The zero-order chi connectivity index (χ0) is 21.8. The van der Waals surface area contributed by atoms with Crippen LogP contribution in [-0.2, 0) is 16.6 Å². The number of nitrogens with zero attached hydrogens (tertiary/aromatic N) is 1. The molecule has 162 valence electrons. The summed E-state index contributed by atoms with van der Waals surface area (Å²) in [7, 11) is -3.61. The summed E-state index contributed by atoms with van der Waals surface area (Å²) in [5.74, 6) is -0.277. The lowest BCUT2D eigenvalue weighted by molar-refractivity contribution is 0.0950. The molecule has 0 aliphatic carbocycles. The van der Waals surface area contributed by atoms with Crippen molar-refractivity contribution >= 4 is 26.7 Å². The first-order chi connectivity index (χ1) is 14.9. The van der Waals surface area contributed by atoms with Gasteiger partial charge in [0.15, 0.2) is 0 Å². The maximum Gasteiger partial charge on any atom is 0.251 e. The van der Waals surface area contributed by atoms with Gasteiger partial charge in [-0.2, -0.15) is 4.31 Å². The summed E-state index contributed by atoms with van der Waals surface area (Å²) in [6.07, 6.45) is 3.87. The second-order valence-electron chi connectivity index (χ2n) is 8.16. The molecular formula is C25H28N2O3S. The van der Waals surface area contributed by atoms with Crippen LogP contribution in [0.1, 0.15) is 47.2 Å². The summed E-state index contributed by atoms with van der Waals surface area (Å²) in [6.45, 7) is 3.24. The third kappa shape index (κ3) is 4.81. The molecule has 1 fully saturated rings. The number of rotatable bonds is 5. The predicted octanol–water partition coefficient (Wildman–Crippen LogP) is 4.64. The van der Waals surface area contributed by atoms with Gasteiger partial charge in [0.25, 0.3) is 5.91 Å². The molecule has 1 heterocycles. The summed E-state index contributed by atoms with van der Waals surface area (Å²) in [5.41, 5.74) is 2.02. The Labute approximate surface area is 184 Å². The van der Waals surface area contributed by atoms with Crippen LogP contribution in [0.5, 0.6) is 0 Å². The summed E-state index contributed by atoms with van der Waals surface area (Å²) >= 11 is 0. The molecule has 3 aromatic rings. The van der Waals surface area contributed by atoms with Crippen LogP contribution in [0.2, 0.25) is 0 Å². The van der Waals surface area contributed by atoms with Gasteiger partial charge >= 0.3 is 0 Å². The highest BCUT2D eigenvalue weighted by atomic mass is 32.2. The molecule has 1 saturated heterocycles. The van der Waals surface area contributed by atoms with E-state index in [0.717, 1.165) is 42.0 Å². The van der Waals surface area contributed by atoms with Crippen LogP contribution >= 0.6 is 0 Å². The van der Waals surface area contributed by atoms with Crippen molar-refractivity contribution in [3.05, 3.63) is 77.4 Å². The van der Waals surface area contributed by atoms with Gasteiger partial charge in [0.2, 0.25) is 10.0 Å². The first-order valence-electron chi connectivity index (χ1n) is 10.8. The largest absolute Gasteiger partial charge is 0.348 e. The van der Waals surface area contributed by atoms with Gasteiger partial charge in [0, 0.05) is 25.2 Å². The molecule has 0 saturated carbocycles. The van der Waals surface area contributed by atoms with E-state index in [2.05, 4.69) is 17.4 Å². The molecule has 0 bridgehead atoms. The van der Waals surface area contributed by atoms with Crippen molar-refractivity contribution in [2.24, 2.45) is 0 Å². The molecule has 0 spiro atoms. The third-order valence-electron chi connectivity index (χ3n) is 5.90. The minimum Gasteiger partial charge on any atom is -0.348 e. The lowest BCUT2D eigenvalue weighted by Crippen LogP contribution is -2.32. The fourth-order valence-electron chi connectivity index (χ4n) is 4.07. The smallest absolute Gasteiger partial charge is 0.251 e. The standard InChI is InChI=1S/C25H28N2O3S/c1-19-10-12-23(17-24(19)31(29,30)27-14-6-2-3-7-15-27)25(28)26-18-20-11-13-21-8-4-5-9-22(21)16-20/h4-5,8-13,16-17H,2-3,6-7,14-15,18H2,1H3,(H,26,28). The van der Waals surface area contributed by atoms with E-state index in [9.17, 15) is 13.2 Å². The van der Waals surface area contributed by atoms with Crippen molar-refractivity contribution in [2.45, 2.75) is 44.0 Å². The molecule has 0 atom stereocenters. The lowest BCUT2D eigenvalue weighted by atomic mass is 10.1. The van der Waals surface area contributed by atoms with Gasteiger partial charge in [-0.25, -0.2) is 8.42 Å². The number of nitrogens with one attached hydrogen (secondary N) is 1. The molecular weight excluding hydrogens is 408 g/mol. The maximum absolute atomic E-state index is 13.2. The van der Waals surface area contributed by atoms with E-state index in [0.29, 0.717) is 30.8 Å². The average Bonchev–Trinajstić information content (AvgIpc) is 3.08. The Balaban J connectivity index is 1.52. The zero-order valence-corrected chi connectivity index (χ0v) is 18.6. The number of hydrogen-bond donors (Lipinski definition) is 1. The molecule has 3 aromatic carbocycles. The Bertz CT molecular complexity index is 1200. The minimum absolute atomic E-state index is 0.229. The first-order valence-corrected chi connectivity index (χ1v) is 12.3. The van der Waals surface area contributed by atoms with E-state index in [1.807, 2.05) is 30.3 Å². The SMILES string of the molecule is Cc1ccc(C(=O)NCc2ccc3ccccc3c2)cc1S(=O)(=O)N1CCCCCC1. The van der Waals surface area contributed by atoms with Gasteiger partial charge < -0.3 is 5.32 Å². The Kier molecular flexibility index (Phi) is 6.39. The number of sulfonamides is 1.